The van der Waals surface area contributed by atoms with Crippen LogP contribution in [-0.4, -0.2) is 27.1 Å². The summed E-state index contributed by atoms with van der Waals surface area (Å²) in [6.07, 6.45) is 8.56. The van der Waals surface area contributed by atoms with Crippen molar-refractivity contribution in [2.45, 2.75) is 32.5 Å². The molecule has 0 aromatic heterocycles. The first-order valence-corrected chi connectivity index (χ1v) is 5.06. The van der Waals surface area contributed by atoms with Crippen molar-refractivity contribution in [3.8, 4) is 0 Å². The first-order valence-electron chi connectivity index (χ1n) is 5.06. The SMILES string of the molecule is CCC/C(=[C]\OC)C=CC(C)(OC)OC. The van der Waals surface area contributed by atoms with E-state index in [2.05, 4.69) is 13.2 Å². The second kappa shape index (κ2) is 7.49. The summed E-state index contributed by atoms with van der Waals surface area (Å²) in [4.78, 5) is 0. The van der Waals surface area contributed by atoms with Gasteiger partial charge in [0.15, 0.2) is 12.0 Å². The Morgan fingerprint density at radius 3 is 2.27 bits per heavy atom. The van der Waals surface area contributed by atoms with Gasteiger partial charge in [0, 0.05) is 14.2 Å². The Morgan fingerprint density at radius 2 is 1.87 bits per heavy atom. The molecule has 0 heterocycles. The molecule has 3 heteroatoms. The molecule has 0 N–H and O–H groups in total. The van der Waals surface area contributed by atoms with Gasteiger partial charge in [0.2, 0.25) is 0 Å². The van der Waals surface area contributed by atoms with Gasteiger partial charge < -0.3 is 14.2 Å². The van der Waals surface area contributed by atoms with Gasteiger partial charge in [-0.25, -0.2) is 0 Å². The average Bonchev–Trinajstić information content (AvgIpc) is 2.26. The molecule has 0 aliphatic heterocycles. The lowest BCUT2D eigenvalue weighted by Gasteiger charge is -2.22. The van der Waals surface area contributed by atoms with E-state index in [0.29, 0.717) is 0 Å². The third kappa shape index (κ3) is 5.60. The van der Waals surface area contributed by atoms with Crippen molar-refractivity contribution < 1.29 is 14.2 Å². The molecule has 0 spiro atoms. The second-order valence-electron chi connectivity index (χ2n) is 3.34. The average molecular weight is 213 g/mol. The Kier molecular flexibility index (Phi) is 7.09. The minimum Gasteiger partial charge on any atom is -0.493 e. The Hall–Kier alpha value is -0.800. The number of ether oxygens (including phenoxy) is 3. The molecule has 0 aliphatic rings. The van der Waals surface area contributed by atoms with Crippen LogP contribution in [0.5, 0.6) is 0 Å². The Morgan fingerprint density at radius 1 is 1.27 bits per heavy atom. The lowest BCUT2D eigenvalue weighted by atomic mass is 10.1. The van der Waals surface area contributed by atoms with Gasteiger partial charge in [-0.05, 0) is 25.0 Å². The highest BCUT2D eigenvalue weighted by Gasteiger charge is 2.17. The first-order chi connectivity index (χ1) is 7.11. The van der Waals surface area contributed by atoms with Crippen molar-refractivity contribution in [1.29, 1.82) is 0 Å². The topological polar surface area (TPSA) is 27.7 Å². The van der Waals surface area contributed by atoms with Crippen LogP contribution in [0.1, 0.15) is 26.7 Å². The molecule has 0 aliphatic carbocycles. The number of allylic oxidation sites excluding steroid dienone is 2. The van der Waals surface area contributed by atoms with Gasteiger partial charge in [-0.3, -0.25) is 0 Å². The summed E-state index contributed by atoms with van der Waals surface area (Å²) in [5, 5.41) is 0. The van der Waals surface area contributed by atoms with Crippen molar-refractivity contribution in [2.75, 3.05) is 21.3 Å². The van der Waals surface area contributed by atoms with Gasteiger partial charge in [0.05, 0.1) is 7.11 Å². The van der Waals surface area contributed by atoms with E-state index in [4.69, 9.17) is 14.2 Å². The summed E-state index contributed by atoms with van der Waals surface area (Å²) >= 11 is 0. The van der Waals surface area contributed by atoms with Crippen LogP contribution in [0, 0.1) is 6.26 Å². The van der Waals surface area contributed by atoms with Crippen LogP contribution in [0.2, 0.25) is 0 Å². The molecule has 0 aromatic rings. The van der Waals surface area contributed by atoms with Crippen LogP contribution >= 0.6 is 0 Å². The summed E-state index contributed by atoms with van der Waals surface area (Å²) < 4.78 is 15.3. The second-order valence-corrected chi connectivity index (χ2v) is 3.34. The molecular weight excluding hydrogens is 192 g/mol. The molecule has 0 bridgehead atoms. The Balaban J connectivity index is 4.50. The smallest absolute Gasteiger partial charge is 0.184 e. The van der Waals surface area contributed by atoms with Gasteiger partial charge >= 0.3 is 0 Å². The molecule has 0 saturated heterocycles. The van der Waals surface area contributed by atoms with Crippen LogP contribution in [0.4, 0.5) is 0 Å². The van der Waals surface area contributed by atoms with Crippen LogP contribution in [0.25, 0.3) is 0 Å². The van der Waals surface area contributed by atoms with E-state index in [0.717, 1.165) is 18.4 Å². The molecule has 3 nitrogen and oxygen atoms in total. The predicted octanol–water partition coefficient (Wildman–Crippen LogP) is 2.69. The molecule has 0 amide bonds. The maximum absolute atomic E-state index is 5.20. The summed E-state index contributed by atoms with van der Waals surface area (Å²) in [7, 11) is 4.81. The van der Waals surface area contributed by atoms with E-state index in [1.807, 2.05) is 19.1 Å². The predicted molar refractivity (Wildman–Crippen MR) is 60.2 cm³/mol. The third-order valence-corrected chi connectivity index (χ3v) is 2.15. The van der Waals surface area contributed by atoms with Gasteiger partial charge in [-0.1, -0.05) is 19.4 Å². The van der Waals surface area contributed by atoms with Crippen LogP contribution in [-0.2, 0) is 14.2 Å². The fraction of sp³-hybridized carbons (Fsp3) is 0.667. The maximum atomic E-state index is 5.20. The van der Waals surface area contributed by atoms with E-state index in [9.17, 15) is 0 Å². The minimum absolute atomic E-state index is 0.686. The third-order valence-electron chi connectivity index (χ3n) is 2.15. The monoisotopic (exact) mass is 213 g/mol. The highest BCUT2D eigenvalue weighted by atomic mass is 16.7. The molecule has 0 aromatic carbocycles. The van der Waals surface area contributed by atoms with E-state index in [1.54, 1.807) is 21.3 Å². The highest BCUT2D eigenvalue weighted by Crippen LogP contribution is 2.15. The van der Waals surface area contributed by atoms with Crippen molar-refractivity contribution in [2.24, 2.45) is 0 Å². The molecule has 0 saturated carbocycles. The number of hydrogen-bond donors (Lipinski definition) is 0. The number of methoxy groups -OCH3 is 3. The lowest BCUT2D eigenvalue weighted by molar-refractivity contribution is -0.155. The normalized spacial score (nSPS) is 13.5. The van der Waals surface area contributed by atoms with E-state index >= 15 is 0 Å². The lowest BCUT2D eigenvalue weighted by Crippen LogP contribution is -2.26. The fourth-order valence-electron chi connectivity index (χ4n) is 1.04. The van der Waals surface area contributed by atoms with Crippen molar-refractivity contribution in [3.05, 3.63) is 24.0 Å². The largest absolute Gasteiger partial charge is 0.493 e. The minimum atomic E-state index is -0.686. The summed E-state index contributed by atoms with van der Waals surface area (Å²) in [6, 6.07) is 0. The van der Waals surface area contributed by atoms with E-state index in [1.165, 1.54) is 0 Å². The molecule has 0 unspecified atom stereocenters. The molecule has 0 atom stereocenters. The molecule has 0 fully saturated rings. The summed E-state index contributed by atoms with van der Waals surface area (Å²) in [6.45, 7) is 3.96. The fourth-order valence-corrected chi connectivity index (χ4v) is 1.04. The summed E-state index contributed by atoms with van der Waals surface area (Å²) in [5.41, 5.74) is 1.00. The van der Waals surface area contributed by atoms with E-state index in [-0.39, 0.29) is 0 Å². The standard InChI is InChI=1S/C12H21O3/c1-6-7-11(10-13-3)8-9-12(2,14-4)15-5/h8-9H,6-7H2,1-5H3. The zero-order valence-corrected chi connectivity index (χ0v) is 10.3. The maximum Gasteiger partial charge on any atom is 0.184 e. The highest BCUT2D eigenvalue weighted by molar-refractivity contribution is 5.16. The summed E-state index contributed by atoms with van der Waals surface area (Å²) in [5.74, 6) is -0.686. The van der Waals surface area contributed by atoms with Crippen molar-refractivity contribution in [1.82, 2.24) is 0 Å². The molecule has 15 heavy (non-hydrogen) atoms. The zero-order chi connectivity index (χ0) is 11.7. The molecule has 87 valence electrons. The van der Waals surface area contributed by atoms with E-state index < -0.39 is 5.79 Å². The van der Waals surface area contributed by atoms with Crippen molar-refractivity contribution >= 4 is 0 Å². The Bertz CT molecular complexity index is 215. The van der Waals surface area contributed by atoms with Crippen LogP contribution in [0.15, 0.2) is 17.7 Å². The van der Waals surface area contributed by atoms with Gasteiger partial charge in [-0.15, -0.1) is 0 Å². The number of hydrogen-bond acceptors (Lipinski definition) is 3. The van der Waals surface area contributed by atoms with Crippen molar-refractivity contribution in [3.63, 3.8) is 0 Å². The first kappa shape index (κ1) is 14.2. The van der Waals surface area contributed by atoms with Gasteiger partial charge in [0.1, 0.15) is 0 Å². The Labute approximate surface area is 92.7 Å². The zero-order valence-electron chi connectivity index (χ0n) is 10.3. The molecule has 0 rings (SSSR count). The van der Waals surface area contributed by atoms with Crippen LogP contribution < -0.4 is 0 Å². The molecule has 1 radical (unpaired) electrons. The van der Waals surface area contributed by atoms with Gasteiger partial charge in [-0.2, -0.15) is 0 Å². The quantitative estimate of drug-likeness (QED) is 0.370. The molecular formula is C12H21O3. The number of rotatable bonds is 7. The van der Waals surface area contributed by atoms with Crippen LogP contribution in [0.3, 0.4) is 0 Å². The van der Waals surface area contributed by atoms with Gasteiger partial charge in [0.25, 0.3) is 0 Å².